The topological polar surface area (TPSA) is 76.7 Å². The summed E-state index contributed by atoms with van der Waals surface area (Å²) in [4.78, 5) is 12.0. The SMILES string of the molecule is Cc1nc(N)nc(NCC2CC2)n1. The number of nitrogens with one attached hydrogen (secondary N) is 1. The van der Waals surface area contributed by atoms with Crippen molar-refractivity contribution in [3.8, 4) is 0 Å². The van der Waals surface area contributed by atoms with E-state index in [0.717, 1.165) is 12.5 Å². The van der Waals surface area contributed by atoms with Crippen LogP contribution in [0.1, 0.15) is 18.7 Å². The highest BCUT2D eigenvalue weighted by atomic mass is 15.2. The fourth-order valence-electron chi connectivity index (χ4n) is 1.14. The fraction of sp³-hybridized carbons (Fsp3) is 0.625. The van der Waals surface area contributed by atoms with Crippen LogP contribution in [0.2, 0.25) is 0 Å². The molecule has 0 amide bonds. The molecule has 1 aliphatic carbocycles. The average Bonchev–Trinajstić information content (AvgIpc) is 2.81. The lowest BCUT2D eigenvalue weighted by molar-refractivity contribution is 0.863. The Balaban J connectivity index is 2.01. The molecule has 0 spiro atoms. The lowest BCUT2D eigenvalue weighted by atomic mass is 10.4. The molecule has 0 aliphatic heterocycles. The van der Waals surface area contributed by atoms with Crippen molar-refractivity contribution in [2.24, 2.45) is 5.92 Å². The second-order valence-corrected chi connectivity index (χ2v) is 3.39. The first-order chi connectivity index (χ1) is 6.24. The molecule has 5 heteroatoms. The van der Waals surface area contributed by atoms with E-state index in [0.29, 0.717) is 11.8 Å². The minimum atomic E-state index is 0.283. The highest BCUT2D eigenvalue weighted by Crippen LogP contribution is 2.28. The van der Waals surface area contributed by atoms with Crippen LogP contribution in [0.3, 0.4) is 0 Å². The Kier molecular flexibility index (Phi) is 2.00. The van der Waals surface area contributed by atoms with E-state index in [1.165, 1.54) is 12.8 Å². The van der Waals surface area contributed by atoms with E-state index < -0.39 is 0 Å². The van der Waals surface area contributed by atoms with Gasteiger partial charge in [-0.05, 0) is 25.7 Å². The molecule has 0 aromatic carbocycles. The van der Waals surface area contributed by atoms with Gasteiger partial charge < -0.3 is 11.1 Å². The monoisotopic (exact) mass is 179 g/mol. The highest BCUT2D eigenvalue weighted by molar-refractivity contribution is 5.30. The lowest BCUT2D eigenvalue weighted by Gasteiger charge is -2.03. The number of rotatable bonds is 3. The van der Waals surface area contributed by atoms with Crippen LogP contribution >= 0.6 is 0 Å². The van der Waals surface area contributed by atoms with Gasteiger partial charge in [-0.3, -0.25) is 0 Å². The van der Waals surface area contributed by atoms with Gasteiger partial charge in [0.2, 0.25) is 11.9 Å². The van der Waals surface area contributed by atoms with Gasteiger partial charge in [-0.15, -0.1) is 0 Å². The molecule has 70 valence electrons. The van der Waals surface area contributed by atoms with Crippen molar-refractivity contribution in [1.29, 1.82) is 0 Å². The average molecular weight is 179 g/mol. The number of aryl methyl sites for hydroxylation is 1. The molecule has 3 N–H and O–H groups in total. The summed E-state index contributed by atoms with van der Waals surface area (Å²) in [6.45, 7) is 2.75. The minimum Gasteiger partial charge on any atom is -0.368 e. The molecule has 0 atom stereocenters. The highest BCUT2D eigenvalue weighted by Gasteiger charge is 2.20. The van der Waals surface area contributed by atoms with E-state index in [9.17, 15) is 0 Å². The van der Waals surface area contributed by atoms with Gasteiger partial charge in [0.1, 0.15) is 5.82 Å². The molecule has 2 rings (SSSR count). The van der Waals surface area contributed by atoms with Crippen LogP contribution in [0.25, 0.3) is 0 Å². The zero-order valence-electron chi connectivity index (χ0n) is 7.62. The molecule has 0 unspecified atom stereocenters. The van der Waals surface area contributed by atoms with Crippen LogP contribution in [0.4, 0.5) is 11.9 Å². The number of anilines is 2. The van der Waals surface area contributed by atoms with Crippen LogP contribution in [-0.4, -0.2) is 21.5 Å². The van der Waals surface area contributed by atoms with E-state index in [1.807, 2.05) is 0 Å². The normalized spacial score (nSPS) is 15.8. The molecular weight excluding hydrogens is 166 g/mol. The van der Waals surface area contributed by atoms with Gasteiger partial charge in [0, 0.05) is 6.54 Å². The summed E-state index contributed by atoms with van der Waals surface area (Å²) >= 11 is 0. The van der Waals surface area contributed by atoms with E-state index in [4.69, 9.17) is 5.73 Å². The second-order valence-electron chi connectivity index (χ2n) is 3.39. The molecule has 0 radical (unpaired) electrons. The van der Waals surface area contributed by atoms with E-state index >= 15 is 0 Å². The third-order valence-electron chi connectivity index (χ3n) is 2.01. The van der Waals surface area contributed by atoms with Crippen molar-refractivity contribution in [3.63, 3.8) is 0 Å². The molecular formula is C8H13N5. The number of hydrogen-bond donors (Lipinski definition) is 2. The molecule has 1 saturated carbocycles. The molecule has 1 fully saturated rings. The maximum Gasteiger partial charge on any atom is 0.227 e. The predicted molar refractivity (Wildman–Crippen MR) is 50.2 cm³/mol. The Morgan fingerprint density at radius 3 is 2.77 bits per heavy atom. The summed E-state index contributed by atoms with van der Waals surface area (Å²) < 4.78 is 0. The zero-order chi connectivity index (χ0) is 9.26. The number of aromatic nitrogens is 3. The van der Waals surface area contributed by atoms with Crippen LogP contribution in [0.5, 0.6) is 0 Å². The van der Waals surface area contributed by atoms with Gasteiger partial charge >= 0.3 is 0 Å². The van der Waals surface area contributed by atoms with Crippen molar-refractivity contribution in [3.05, 3.63) is 5.82 Å². The molecule has 0 bridgehead atoms. The number of hydrogen-bond acceptors (Lipinski definition) is 5. The zero-order valence-corrected chi connectivity index (χ0v) is 7.62. The van der Waals surface area contributed by atoms with Gasteiger partial charge in [0.25, 0.3) is 0 Å². The largest absolute Gasteiger partial charge is 0.368 e. The summed E-state index contributed by atoms with van der Waals surface area (Å²) in [5.41, 5.74) is 5.48. The van der Waals surface area contributed by atoms with Gasteiger partial charge in [-0.2, -0.15) is 15.0 Å². The standard InChI is InChI=1S/C8H13N5/c1-5-11-7(9)13-8(12-5)10-4-6-2-3-6/h6H,2-4H2,1H3,(H3,9,10,11,12,13). The van der Waals surface area contributed by atoms with Crippen LogP contribution in [-0.2, 0) is 0 Å². The Morgan fingerprint density at radius 2 is 2.15 bits per heavy atom. The van der Waals surface area contributed by atoms with Gasteiger partial charge in [0.05, 0.1) is 0 Å². The van der Waals surface area contributed by atoms with E-state index in [2.05, 4.69) is 20.3 Å². The van der Waals surface area contributed by atoms with Gasteiger partial charge in [0.15, 0.2) is 0 Å². The van der Waals surface area contributed by atoms with Crippen LogP contribution in [0.15, 0.2) is 0 Å². The van der Waals surface area contributed by atoms with Crippen molar-refractivity contribution in [1.82, 2.24) is 15.0 Å². The Hall–Kier alpha value is -1.39. The third kappa shape index (κ3) is 2.27. The molecule has 1 heterocycles. The first-order valence-electron chi connectivity index (χ1n) is 4.46. The third-order valence-corrected chi connectivity index (χ3v) is 2.01. The minimum absolute atomic E-state index is 0.283. The fourth-order valence-corrected chi connectivity index (χ4v) is 1.14. The van der Waals surface area contributed by atoms with Crippen molar-refractivity contribution >= 4 is 11.9 Å². The Bertz CT molecular complexity index is 287. The van der Waals surface area contributed by atoms with Crippen molar-refractivity contribution < 1.29 is 0 Å². The summed E-state index contributed by atoms with van der Waals surface area (Å²) in [5, 5.41) is 3.15. The summed E-state index contributed by atoms with van der Waals surface area (Å²) in [6.07, 6.45) is 2.62. The quantitative estimate of drug-likeness (QED) is 0.710. The van der Waals surface area contributed by atoms with Gasteiger partial charge in [-0.1, -0.05) is 0 Å². The maximum absolute atomic E-state index is 5.48. The number of nitrogens with two attached hydrogens (primary N) is 1. The number of nitrogens with zero attached hydrogens (tertiary/aromatic N) is 3. The Morgan fingerprint density at radius 1 is 1.38 bits per heavy atom. The first kappa shape index (κ1) is 8.22. The molecule has 1 aromatic heterocycles. The molecule has 13 heavy (non-hydrogen) atoms. The summed E-state index contributed by atoms with van der Waals surface area (Å²) in [5.74, 6) is 2.34. The molecule has 0 saturated heterocycles. The summed E-state index contributed by atoms with van der Waals surface area (Å²) in [7, 11) is 0. The van der Waals surface area contributed by atoms with Crippen molar-refractivity contribution in [2.45, 2.75) is 19.8 Å². The summed E-state index contributed by atoms with van der Waals surface area (Å²) in [6, 6.07) is 0. The molecule has 5 nitrogen and oxygen atoms in total. The lowest BCUT2D eigenvalue weighted by Crippen LogP contribution is -2.10. The Labute approximate surface area is 76.8 Å². The van der Waals surface area contributed by atoms with Crippen LogP contribution < -0.4 is 11.1 Å². The van der Waals surface area contributed by atoms with E-state index in [1.54, 1.807) is 6.92 Å². The van der Waals surface area contributed by atoms with E-state index in [-0.39, 0.29) is 5.95 Å². The maximum atomic E-state index is 5.48. The number of nitrogen functional groups attached to an aromatic ring is 1. The predicted octanol–water partition coefficient (Wildman–Crippen LogP) is 0.584. The molecule has 1 aromatic rings. The van der Waals surface area contributed by atoms with Gasteiger partial charge in [-0.25, -0.2) is 0 Å². The molecule has 1 aliphatic rings. The second kappa shape index (κ2) is 3.16. The first-order valence-corrected chi connectivity index (χ1v) is 4.46. The van der Waals surface area contributed by atoms with Crippen LogP contribution in [0, 0.1) is 12.8 Å². The van der Waals surface area contributed by atoms with Crippen molar-refractivity contribution in [2.75, 3.05) is 17.6 Å². The smallest absolute Gasteiger partial charge is 0.227 e.